The number of anilines is 2. The molecule has 1 aromatic rings. The number of hydrogen-bond acceptors (Lipinski definition) is 3. The molecule has 0 radical (unpaired) electrons. The van der Waals surface area contributed by atoms with E-state index in [9.17, 15) is 9.18 Å². The number of carbonyl (C=O) groups excluding carboxylic acids is 1. The molecule has 0 aliphatic carbocycles. The lowest BCUT2D eigenvalue weighted by molar-refractivity contribution is -0.127. The van der Waals surface area contributed by atoms with Crippen molar-refractivity contribution in [1.29, 1.82) is 0 Å². The molecule has 6 heteroatoms. The molecule has 94 valence electrons. The summed E-state index contributed by atoms with van der Waals surface area (Å²) in [4.78, 5) is 14.6. The number of hydrogen-bond donors (Lipinski definition) is 1. The summed E-state index contributed by atoms with van der Waals surface area (Å²) in [7, 11) is 5.03. The third-order valence-electron chi connectivity index (χ3n) is 2.35. The molecule has 0 aliphatic rings. The first kappa shape index (κ1) is 13.8. The normalized spacial score (nSPS) is 10.2. The molecule has 0 saturated carbocycles. The maximum absolute atomic E-state index is 13.4. The molecule has 1 aromatic carbocycles. The van der Waals surface area contributed by atoms with E-state index in [1.54, 1.807) is 26.0 Å². The van der Waals surface area contributed by atoms with Crippen LogP contribution >= 0.6 is 15.9 Å². The van der Waals surface area contributed by atoms with E-state index in [1.807, 2.05) is 0 Å². The van der Waals surface area contributed by atoms with E-state index in [0.29, 0.717) is 15.8 Å². The Labute approximate surface area is 108 Å². The topological polar surface area (TPSA) is 49.6 Å². The van der Waals surface area contributed by atoms with Gasteiger partial charge in [-0.1, -0.05) is 0 Å². The van der Waals surface area contributed by atoms with Gasteiger partial charge in [-0.25, -0.2) is 4.39 Å². The number of nitrogen functional groups attached to an aromatic ring is 1. The monoisotopic (exact) mass is 303 g/mol. The lowest BCUT2D eigenvalue weighted by Gasteiger charge is -2.22. The van der Waals surface area contributed by atoms with Crippen LogP contribution in [0, 0.1) is 5.82 Å². The summed E-state index contributed by atoms with van der Waals surface area (Å²) in [5, 5.41) is 0. The molecule has 0 spiro atoms. The first-order chi connectivity index (χ1) is 7.82. The Morgan fingerprint density at radius 3 is 2.53 bits per heavy atom. The van der Waals surface area contributed by atoms with Gasteiger partial charge in [0.15, 0.2) is 0 Å². The fourth-order valence-corrected chi connectivity index (χ4v) is 1.67. The van der Waals surface area contributed by atoms with Crippen LogP contribution in [-0.4, -0.2) is 38.5 Å². The lowest BCUT2D eigenvalue weighted by Crippen LogP contribution is -2.34. The smallest absolute Gasteiger partial charge is 0.241 e. The van der Waals surface area contributed by atoms with Crippen molar-refractivity contribution < 1.29 is 9.18 Å². The van der Waals surface area contributed by atoms with Crippen LogP contribution in [-0.2, 0) is 4.79 Å². The zero-order valence-electron chi connectivity index (χ0n) is 10.00. The van der Waals surface area contributed by atoms with Crippen LogP contribution in [0.3, 0.4) is 0 Å². The highest BCUT2D eigenvalue weighted by molar-refractivity contribution is 9.10. The van der Waals surface area contributed by atoms with Crippen molar-refractivity contribution in [2.45, 2.75) is 0 Å². The summed E-state index contributed by atoms with van der Waals surface area (Å²) in [5.74, 6) is -0.478. The van der Waals surface area contributed by atoms with Crippen molar-refractivity contribution >= 4 is 33.2 Å². The van der Waals surface area contributed by atoms with Gasteiger partial charge in [-0.2, -0.15) is 0 Å². The molecule has 0 unspecified atom stereocenters. The van der Waals surface area contributed by atoms with Gasteiger partial charge in [-0.3, -0.25) is 4.79 Å². The number of halogens is 2. The maximum atomic E-state index is 13.4. The highest BCUT2D eigenvalue weighted by atomic mass is 79.9. The highest BCUT2D eigenvalue weighted by Gasteiger charge is 2.13. The Morgan fingerprint density at radius 1 is 1.41 bits per heavy atom. The second-order valence-corrected chi connectivity index (χ2v) is 4.82. The van der Waals surface area contributed by atoms with Crippen molar-refractivity contribution in [3.63, 3.8) is 0 Å². The molecule has 1 rings (SSSR count). The number of nitrogens with zero attached hydrogens (tertiary/aromatic N) is 2. The highest BCUT2D eigenvalue weighted by Crippen LogP contribution is 2.28. The van der Waals surface area contributed by atoms with E-state index < -0.39 is 5.82 Å². The molecule has 2 N–H and O–H groups in total. The third-order valence-corrected chi connectivity index (χ3v) is 2.96. The van der Waals surface area contributed by atoms with E-state index in [2.05, 4.69) is 15.9 Å². The largest absolute Gasteiger partial charge is 0.397 e. The van der Waals surface area contributed by atoms with Crippen molar-refractivity contribution in [3.05, 3.63) is 22.4 Å². The first-order valence-corrected chi connectivity index (χ1v) is 5.78. The van der Waals surface area contributed by atoms with Crippen LogP contribution in [0.15, 0.2) is 16.6 Å². The van der Waals surface area contributed by atoms with E-state index in [1.165, 1.54) is 17.0 Å². The molecule has 0 aromatic heterocycles. The van der Waals surface area contributed by atoms with Crippen molar-refractivity contribution in [1.82, 2.24) is 4.90 Å². The van der Waals surface area contributed by atoms with Gasteiger partial charge in [0.1, 0.15) is 5.82 Å². The van der Waals surface area contributed by atoms with Gasteiger partial charge >= 0.3 is 0 Å². The van der Waals surface area contributed by atoms with Gasteiger partial charge in [0.2, 0.25) is 5.91 Å². The summed E-state index contributed by atoms with van der Waals surface area (Å²) in [6.45, 7) is 0.151. The van der Waals surface area contributed by atoms with Gasteiger partial charge in [-0.15, -0.1) is 0 Å². The summed E-state index contributed by atoms with van der Waals surface area (Å²) in [5.41, 5.74) is 6.70. The Morgan fingerprint density at radius 2 is 2.00 bits per heavy atom. The molecule has 4 nitrogen and oxygen atoms in total. The van der Waals surface area contributed by atoms with Crippen LogP contribution in [0.2, 0.25) is 0 Å². The number of rotatable bonds is 3. The summed E-state index contributed by atoms with van der Waals surface area (Å²) >= 11 is 3.05. The second-order valence-electron chi connectivity index (χ2n) is 3.97. The molecule has 1 amide bonds. The van der Waals surface area contributed by atoms with Gasteiger partial charge in [0, 0.05) is 27.2 Å². The minimum absolute atomic E-state index is 0.0739. The number of carbonyl (C=O) groups is 1. The van der Waals surface area contributed by atoms with Crippen LogP contribution in [0.1, 0.15) is 0 Å². The van der Waals surface area contributed by atoms with Crippen LogP contribution in [0.5, 0.6) is 0 Å². The number of amides is 1. The number of nitrogens with two attached hydrogens (primary N) is 1. The summed E-state index contributed by atoms with van der Waals surface area (Å²) in [6.07, 6.45) is 0. The van der Waals surface area contributed by atoms with E-state index in [0.717, 1.165) is 0 Å². The van der Waals surface area contributed by atoms with Gasteiger partial charge in [0.05, 0.1) is 22.4 Å². The summed E-state index contributed by atoms with van der Waals surface area (Å²) < 4.78 is 13.7. The minimum atomic E-state index is -0.404. The van der Waals surface area contributed by atoms with Crippen LogP contribution < -0.4 is 10.6 Å². The molecule has 0 heterocycles. The predicted molar refractivity (Wildman–Crippen MR) is 70.5 cm³/mol. The average molecular weight is 304 g/mol. The maximum Gasteiger partial charge on any atom is 0.241 e. The average Bonchev–Trinajstić information content (AvgIpc) is 2.22. The Kier molecular flexibility index (Phi) is 4.34. The molecule has 0 saturated heterocycles. The predicted octanol–water partition coefficient (Wildman–Crippen LogP) is 1.69. The van der Waals surface area contributed by atoms with Gasteiger partial charge < -0.3 is 15.5 Å². The second kappa shape index (κ2) is 5.35. The Balaban J connectivity index is 2.93. The molecule has 17 heavy (non-hydrogen) atoms. The SMILES string of the molecule is CN(C)C(=O)CN(C)c1cc(F)c(Br)cc1N. The van der Waals surface area contributed by atoms with E-state index in [-0.39, 0.29) is 12.5 Å². The Hall–Kier alpha value is -1.30. The third kappa shape index (κ3) is 3.33. The van der Waals surface area contributed by atoms with Crippen LogP contribution in [0.25, 0.3) is 0 Å². The Bertz CT molecular complexity index is 437. The standard InChI is InChI=1S/C11H15BrFN3O/c1-15(2)11(17)6-16(3)10-5-8(13)7(12)4-9(10)14/h4-5H,6,14H2,1-3H3. The van der Waals surface area contributed by atoms with Crippen LogP contribution in [0.4, 0.5) is 15.8 Å². The fourth-order valence-electron chi connectivity index (χ4n) is 1.31. The fraction of sp³-hybridized carbons (Fsp3) is 0.364. The van der Waals surface area contributed by atoms with Crippen molar-refractivity contribution in [2.24, 2.45) is 0 Å². The molecule has 0 aliphatic heterocycles. The summed E-state index contributed by atoms with van der Waals surface area (Å²) in [6, 6.07) is 2.80. The lowest BCUT2D eigenvalue weighted by atomic mass is 10.2. The van der Waals surface area contributed by atoms with E-state index >= 15 is 0 Å². The zero-order chi connectivity index (χ0) is 13.2. The quantitative estimate of drug-likeness (QED) is 0.865. The molecule has 0 fully saturated rings. The first-order valence-electron chi connectivity index (χ1n) is 4.98. The number of likely N-dealkylation sites (N-methyl/N-ethyl adjacent to an activating group) is 2. The van der Waals surface area contributed by atoms with Gasteiger partial charge in [-0.05, 0) is 22.0 Å². The number of benzene rings is 1. The molecular formula is C11H15BrFN3O. The van der Waals surface area contributed by atoms with Crippen molar-refractivity contribution in [2.75, 3.05) is 38.3 Å². The minimum Gasteiger partial charge on any atom is -0.397 e. The zero-order valence-corrected chi connectivity index (χ0v) is 11.6. The van der Waals surface area contributed by atoms with E-state index in [4.69, 9.17) is 5.73 Å². The van der Waals surface area contributed by atoms with Gasteiger partial charge in [0.25, 0.3) is 0 Å². The molecule has 0 atom stereocenters. The molecule has 0 bridgehead atoms. The molecular weight excluding hydrogens is 289 g/mol. The van der Waals surface area contributed by atoms with Crippen molar-refractivity contribution in [3.8, 4) is 0 Å².